The first-order valence-corrected chi connectivity index (χ1v) is 12.5. The Kier molecular flexibility index (Phi) is 6.14. The molecule has 6 rings (SSSR count). The van der Waals surface area contributed by atoms with Gasteiger partial charge >= 0.3 is 6.03 Å². The van der Waals surface area contributed by atoms with E-state index in [0.717, 1.165) is 59.6 Å². The normalized spacial score (nSPS) is 21.8. The summed E-state index contributed by atoms with van der Waals surface area (Å²) in [7, 11) is 1.75. The maximum Gasteiger partial charge on any atom is 0.428 e. The Morgan fingerprint density at radius 2 is 2.00 bits per heavy atom. The van der Waals surface area contributed by atoms with Crippen molar-refractivity contribution in [1.29, 1.82) is 0 Å². The lowest BCUT2D eigenvalue weighted by Crippen LogP contribution is -3.00. The first-order valence-electron chi connectivity index (χ1n) is 11.7. The third kappa shape index (κ3) is 3.71. The van der Waals surface area contributed by atoms with Crippen LogP contribution >= 0.6 is 11.3 Å². The van der Waals surface area contributed by atoms with E-state index in [1.807, 2.05) is 13.0 Å². The highest BCUT2D eigenvalue weighted by molar-refractivity contribution is 7.21. The first kappa shape index (κ1) is 23.3. The van der Waals surface area contributed by atoms with Crippen LogP contribution in [0, 0.1) is 12.8 Å². The lowest BCUT2D eigenvalue weighted by Gasteiger charge is -2.28. The number of urea groups is 1. The Hall–Kier alpha value is -2.45. The van der Waals surface area contributed by atoms with E-state index in [9.17, 15) is 9.59 Å². The third-order valence-corrected chi connectivity index (χ3v) is 8.74. The number of fused-ring (bicyclic) bond motifs is 6. The molecule has 3 aromatic rings. The molecule has 6 nitrogen and oxygen atoms in total. The van der Waals surface area contributed by atoms with Crippen molar-refractivity contribution in [3.8, 4) is 5.75 Å². The van der Waals surface area contributed by atoms with Crippen LogP contribution in [0.25, 0.3) is 10.1 Å². The van der Waals surface area contributed by atoms with Crippen LogP contribution in [0.4, 0.5) is 10.5 Å². The fourth-order valence-electron chi connectivity index (χ4n) is 5.92. The lowest BCUT2D eigenvalue weighted by molar-refractivity contribution is -0.471. The van der Waals surface area contributed by atoms with E-state index >= 15 is 0 Å². The molecule has 1 fully saturated rings. The number of thiophene rings is 1. The summed E-state index contributed by atoms with van der Waals surface area (Å²) in [6.45, 7) is 5.18. The lowest BCUT2D eigenvalue weighted by atomic mass is 9.77. The summed E-state index contributed by atoms with van der Waals surface area (Å²) in [5, 5.41) is 2.66. The minimum absolute atomic E-state index is 0. The van der Waals surface area contributed by atoms with E-state index in [0.29, 0.717) is 23.3 Å². The van der Waals surface area contributed by atoms with Gasteiger partial charge in [-0.05, 0) is 55.0 Å². The number of rotatable bonds is 4. The Labute approximate surface area is 209 Å². The van der Waals surface area contributed by atoms with Crippen molar-refractivity contribution in [3.63, 3.8) is 0 Å². The fraction of sp³-hybridized carbons (Fsp3) is 0.385. The molecule has 3 heterocycles. The van der Waals surface area contributed by atoms with Gasteiger partial charge in [0.15, 0.2) is 10.6 Å². The third-order valence-electron chi connectivity index (χ3n) is 7.57. The average Bonchev–Trinajstić information content (AvgIpc) is 3.40. The molecule has 0 radical (unpaired) electrons. The van der Waals surface area contributed by atoms with E-state index in [-0.39, 0.29) is 24.3 Å². The van der Waals surface area contributed by atoms with E-state index in [4.69, 9.17) is 4.74 Å². The molecule has 2 N–H and O–H groups in total. The molecule has 1 saturated heterocycles. The molecule has 1 aliphatic carbocycles. The number of aryl methyl sites for hydroxylation is 1. The van der Waals surface area contributed by atoms with E-state index in [1.165, 1.54) is 27.4 Å². The topological polar surface area (TPSA) is 66.5 Å². The summed E-state index contributed by atoms with van der Waals surface area (Å²) in [5.74, 6) is 1.98. The zero-order chi connectivity index (χ0) is 22.7. The van der Waals surface area contributed by atoms with Crippen LogP contribution < -0.4 is 22.5 Å². The van der Waals surface area contributed by atoms with Gasteiger partial charge in [0.2, 0.25) is 0 Å². The predicted octanol–water partition coefficient (Wildman–Crippen LogP) is 0.655. The largest absolute Gasteiger partial charge is 1.00 e. The Bertz CT molecular complexity index is 1290. The monoisotopic (exact) mass is 497 g/mol. The van der Waals surface area contributed by atoms with Gasteiger partial charge < -0.3 is 22.0 Å². The molecule has 2 atom stereocenters. The minimum atomic E-state index is -0.194. The number of carbonyl (C=O) groups is 2. The molecule has 3 amide bonds. The summed E-state index contributed by atoms with van der Waals surface area (Å²) in [5.41, 5.74) is 4.69. The van der Waals surface area contributed by atoms with Crippen molar-refractivity contribution in [3.05, 3.63) is 58.0 Å². The number of hydrogen-bond acceptors (Lipinski definition) is 5. The summed E-state index contributed by atoms with van der Waals surface area (Å²) >= 11 is 1.49. The van der Waals surface area contributed by atoms with Gasteiger partial charge in [-0.2, -0.15) is 0 Å². The molecule has 8 heteroatoms. The quantitative estimate of drug-likeness (QED) is 0.575. The van der Waals surface area contributed by atoms with Gasteiger partial charge in [0.05, 0.1) is 12.5 Å². The van der Waals surface area contributed by atoms with Gasteiger partial charge in [0.25, 0.3) is 5.91 Å². The van der Waals surface area contributed by atoms with Crippen LogP contribution in [-0.2, 0) is 6.42 Å². The summed E-state index contributed by atoms with van der Waals surface area (Å²) in [6.07, 6.45) is 2.22. The number of halogens is 1. The zero-order valence-corrected chi connectivity index (χ0v) is 20.9. The maximum atomic E-state index is 13.2. The number of imide groups is 1. The number of primary amides is 1. The van der Waals surface area contributed by atoms with Crippen molar-refractivity contribution in [2.24, 2.45) is 5.92 Å². The molecule has 2 aromatic carbocycles. The highest BCUT2D eigenvalue weighted by Crippen LogP contribution is 2.44. The fourth-order valence-corrected chi connectivity index (χ4v) is 7.03. The van der Waals surface area contributed by atoms with E-state index in [1.54, 1.807) is 12.4 Å². The van der Waals surface area contributed by atoms with Crippen molar-refractivity contribution in [1.82, 2.24) is 9.80 Å². The van der Waals surface area contributed by atoms with E-state index in [2.05, 4.69) is 35.2 Å². The second kappa shape index (κ2) is 8.96. The van der Waals surface area contributed by atoms with Gasteiger partial charge in [0, 0.05) is 36.8 Å². The highest BCUT2D eigenvalue weighted by Gasteiger charge is 2.41. The number of nitrogens with two attached hydrogens (primary N) is 1. The number of nitrogens with zero attached hydrogens (tertiary/aromatic N) is 2. The number of ether oxygens (including phenoxy) is 1. The van der Waals surface area contributed by atoms with Gasteiger partial charge in [-0.3, -0.25) is 4.79 Å². The summed E-state index contributed by atoms with van der Waals surface area (Å²) in [4.78, 5) is 30.7. The number of amides is 3. The van der Waals surface area contributed by atoms with E-state index < -0.39 is 0 Å². The van der Waals surface area contributed by atoms with Gasteiger partial charge in [-0.15, -0.1) is 11.3 Å². The second-order valence-corrected chi connectivity index (χ2v) is 10.5. The molecule has 178 valence electrons. The first-order chi connectivity index (χ1) is 16.0. The number of carbonyl (C=O) groups excluding carboxylic acids is 2. The van der Waals surface area contributed by atoms with Crippen LogP contribution in [0.15, 0.2) is 36.4 Å². The molecule has 0 saturated carbocycles. The SMILES string of the molecule is COc1cccc2c1CC[C@H]1CN(CCN3C(=O)[NH2+]c4c(sc5ccc(C)cc45)C3=O)C[C@@H]21.[Cl-]. The molecule has 34 heavy (non-hydrogen) atoms. The van der Waals surface area contributed by atoms with Crippen LogP contribution in [0.3, 0.4) is 0 Å². The van der Waals surface area contributed by atoms with Crippen LogP contribution in [-0.4, -0.2) is 55.0 Å². The maximum absolute atomic E-state index is 13.2. The van der Waals surface area contributed by atoms with Gasteiger partial charge in [-0.1, -0.05) is 23.8 Å². The van der Waals surface area contributed by atoms with Gasteiger partial charge in [0.1, 0.15) is 5.75 Å². The summed E-state index contributed by atoms with van der Waals surface area (Å²) in [6, 6.07) is 12.4. The number of quaternary nitrogens is 1. The Balaban J connectivity index is 0.00000241. The van der Waals surface area contributed by atoms with Crippen molar-refractivity contribution in [2.45, 2.75) is 25.7 Å². The van der Waals surface area contributed by atoms with Crippen LogP contribution in [0.2, 0.25) is 0 Å². The number of benzene rings is 2. The Morgan fingerprint density at radius 3 is 2.82 bits per heavy atom. The molecule has 0 unspecified atom stereocenters. The molecule has 2 aliphatic heterocycles. The van der Waals surface area contributed by atoms with Crippen LogP contribution in [0.1, 0.15) is 38.7 Å². The van der Waals surface area contributed by atoms with Crippen LogP contribution in [0.5, 0.6) is 5.75 Å². The summed E-state index contributed by atoms with van der Waals surface area (Å²) < 4.78 is 6.66. The number of likely N-dealkylation sites (tertiary alicyclic amines) is 1. The van der Waals surface area contributed by atoms with Crippen molar-refractivity contribution >= 4 is 39.0 Å². The number of hydrogen-bond donors (Lipinski definition) is 1. The van der Waals surface area contributed by atoms with Crippen molar-refractivity contribution < 1.29 is 32.0 Å². The molecule has 3 aliphatic rings. The number of methoxy groups -OCH3 is 1. The molecule has 0 bridgehead atoms. The van der Waals surface area contributed by atoms with Gasteiger partial charge in [-0.25, -0.2) is 15.0 Å². The van der Waals surface area contributed by atoms with Crippen molar-refractivity contribution in [2.75, 3.05) is 33.3 Å². The average molecular weight is 498 g/mol. The molecular weight excluding hydrogens is 470 g/mol. The zero-order valence-electron chi connectivity index (χ0n) is 19.3. The molecular formula is C26H28ClN3O3S. The molecule has 0 spiro atoms. The molecule has 1 aromatic heterocycles. The Morgan fingerprint density at radius 1 is 1.15 bits per heavy atom. The predicted molar refractivity (Wildman–Crippen MR) is 129 cm³/mol. The second-order valence-electron chi connectivity index (χ2n) is 9.48. The standard InChI is InChI=1S/C26H27N3O3S.ClH/c1-15-6-9-22-19(12-15)23-24(33-22)25(30)29(26(31)27-23)11-10-28-13-16-7-8-18-17(20(16)14-28)4-3-5-21(18)32-2;/h3-6,9,12,16,20H,7-8,10-11,13-14H2,1-2H3,(H,27,31);1H/t16-,20+;/m0./s1. The highest BCUT2D eigenvalue weighted by atomic mass is 35.5. The smallest absolute Gasteiger partial charge is 0.428 e. The minimum Gasteiger partial charge on any atom is -1.00 e.